The van der Waals surface area contributed by atoms with Crippen LogP contribution in [-0.2, 0) is 18.5 Å². The molecule has 0 bridgehead atoms. The average Bonchev–Trinajstić information content (AvgIpc) is 2.88. The highest BCUT2D eigenvalue weighted by Crippen LogP contribution is 2.24. The molecule has 0 fully saturated rings. The van der Waals surface area contributed by atoms with Crippen molar-refractivity contribution in [2.45, 2.75) is 39.3 Å². The highest BCUT2D eigenvalue weighted by Gasteiger charge is 2.13. The maximum absolute atomic E-state index is 9.28. The van der Waals surface area contributed by atoms with Gasteiger partial charge in [0, 0.05) is 6.54 Å². The summed E-state index contributed by atoms with van der Waals surface area (Å²) in [5.74, 6) is 0.837. The van der Waals surface area contributed by atoms with E-state index in [1.54, 1.807) is 0 Å². The minimum absolute atomic E-state index is 0.0151. The molecule has 3 aromatic rings. The van der Waals surface area contributed by atoms with Crippen molar-refractivity contribution in [2.24, 2.45) is 0 Å². The van der Waals surface area contributed by atoms with E-state index in [4.69, 9.17) is 10.1 Å². The van der Waals surface area contributed by atoms with Gasteiger partial charge in [-0.05, 0) is 35.2 Å². The zero-order valence-electron chi connectivity index (χ0n) is 15.7. The van der Waals surface area contributed by atoms with E-state index in [1.165, 1.54) is 5.56 Å². The standard InChI is InChI=1S/C21H27N3O2/c1-21(2,3)16-8-10-17(11-9-16)26-15-13-24-19-7-5-4-6-18(19)23(12-14-25)20(24)22/h4-11,22,25H,12-15H2,1-3H3. The third-order valence-electron chi connectivity index (χ3n) is 4.60. The molecule has 2 N–H and O–H groups in total. The normalized spacial score (nSPS) is 11.8. The average molecular weight is 353 g/mol. The van der Waals surface area contributed by atoms with Gasteiger partial charge in [0.2, 0.25) is 5.62 Å². The van der Waals surface area contributed by atoms with Gasteiger partial charge in [-0.2, -0.15) is 0 Å². The van der Waals surface area contributed by atoms with Gasteiger partial charge in [0.25, 0.3) is 0 Å². The summed E-state index contributed by atoms with van der Waals surface area (Å²) in [5.41, 5.74) is 3.73. The number of hydrogen-bond acceptors (Lipinski definition) is 3. The van der Waals surface area contributed by atoms with E-state index >= 15 is 0 Å². The summed E-state index contributed by atoms with van der Waals surface area (Å²) in [5, 5.41) is 17.7. The number of aliphatic hydroxyl groups is 1. The SMILES string of the molecule is CC(C)(C)c1ccc(OCCn2c(=N)n(CCO)c3ccccc32)cc1. The van der Waals surface area contributed by atoms with Crippen molar-refractivity contribution < 1.29 is 9.84 Å². The van der Waals surface area contributed by atoms with Gasteiger partial charge < -0.3 is 19.0 Å². The summed E-state index contributed by atoms with van der Waals surface area (Å²) in [6.07, 6.45) is 0. The maximum Gasteiger partial charge on any atom is 0.203 e. The van der Waals surface area contributed by atoms with Crippen LogP contribution in [0, 0.1) is 5.41 Å². The van der Waals surface area contributed by atoms with Crippen molar-refractivity contribution in [3.05, 3.63) is 59.7 Å². The second-order valence-corrected chi connectivity index (χ2v) is 7.46. The van der Waals surface area contributed by atoms with Crippen LogP contribution in [0.1, 0.15) is 26.3 Å². The lowest BCUT2D eigenvalue weighted by Crippen LogP contribution is -2.27. The molecule has 1 aromatic heterocycles. The van der Waals surface area contributed by atoms with Crippen molar-refractivity contribution in [2.75, 3.05) is 13.2 Å². The number of imidazole rings is 1. The fourth-order valence-corrected chi connectivity index (χ4v) is 3.15. The lowest BCUT2D eigenvalue weighted by Gasteiger charge is -2.19. The lowest BCUT2D eigenvalue weighted by molar-refractivity contribution is 0.272. The summed E-state index contributed by atoms with van der Waals surface area (Å²) in [6.45, 7) is 8.08. The van der Waals surface area contributed by atoms with Gasteiger partial charge in [-0.25, -0.2) is 0 Å². The zero-order chi connectivity index (χ0) is 18.7. The van der Waals surface area contributed by atoms with E-state index in [0.717, 1.165) is 16.8 Å². The maximum atomic E-state index is 9.28. The van der Waals surface area contributed by atoms with Crippen molar-refractivity contribution in [3.8, 4) is 5.75 Å². The summed E-state index contributed by atoms with van der Waals surface area (Å²) in [4.78, 5) is 0. The van der Waals surface area contributed by atoms with Gasteiger partial charge >= 0.3 is 0 Å². The number of benzene rings is 2. The number of hydrogen-bond donors (Lipinski definition) is 2. The van der Waals surface area contributed by atoms with Crippen molar-refractivity contribution in [1.82, 2.24) is 9.13 Å². The second kappa shape index (κ2) is 7.38. The van der Waals surface area contributed by atoms with Gasteiger partial charge in [-0.1, -0.05) is 45.0 Å². The highest BCUT2D eigenvalue weighted by molar-refractivity contribution is 5.75. The Morgan fingerprint density at radius 2 is 1.50 bits per heavy atom. The van der Waals surface area contributed by atoms with Crippen molar-refractivity contribution >= 4 is 11.0 Å². The molecule has 0 aliphatic rings. The molecule has 5 heteroatoms. The summed E-state index contributed by atoms with van der Waals surface area (Å²) >= 11 is 0. The van der Waals surface area contributed by atoms with E-state index in [1.807, 2.05) is 45.5 Å². The van der Waals surface area contributed by atoms with Gasteiger partial charge in [0.05, 0.1) is 24.2 Å². The van der Waals surface area contributed by atoms with Crippen LogP contribution in [0.3, 0.4) is 0 Å². The predicted octanol–water partition coefficient (Wildman–Crippen LogP) is 3.29. The monoisotopic (exact) mass is 353 g/mol. The molecule has 5 nitrogen and oxygen atoms in total. The van der Waals surface area contributed by atoms with Crippen LogP contribution in [0.5, 0.6) is 5.75 Å². The molecular formula is C21H27N3O2. The van der Waals surface area contributed by atoms with Gasteiger partial charge in [-0.15, -0.1) is 0 Å². The van der Waals surface area contributed by atoms with Crippen LogP contribution in [0.4, 0.5) is 0 Å². The molecule has 0 radical (unpaired) electrons. The van der Waals surface area contributed by atoms with Crippen molar-refractivity contribution in [3.63, 3.8) is 0 Å². The smallest absolute Gasteiger partial charge is 0.203 e. The van der Waals surface area contributed by atoms with Gasteiger partial charge in [0.1, 0.15) is 12.4 Å². The molecule has 0 aliphatic heterocycles. The van der Waals surface area contributed by atoms with Crippen LogP contribution in [0.25, 0.3) is 11.0 Å². The number of rotatable bonds is 6. The molecule has 0 aliphatic carbocycles. The minimum Gasteiger partial charge on any atom is -0.492 e. The third kappa shape index (κ3) is 3.68. The molecule has 0 atom stereocenters. The zero-order valence-corrected chi connectivity index (χ0v) is 15.7. The highest BCUT2D eigenvalue weighted by atomic mass is 16.5. The number of nitrogens with zero attached hydrogens (tertiary/aromatic N) is 2. The number of para-hydroxylation sites is 2. The van der Waals surface area contributed by atoms with Gasteiger partial charge in [-0.3, -0.25) is 5.41 Å². The number of nitrogens with one attached hydrogen (secondary N) is 1. The van der Waals surface area contributed by atoms with E-state index in [9.17, 15) is 5.11 Å². The molecule has 3 rings (SSSR count). The van der Waals surface area contributed by atoms with Crippen LogP contribution in [0.15, 0.2) is 48.5 Å². The van der Waals surface area contributed by atoms with E-state index in [2.05, 4.69) is 32.9 Å². The summed E-state index contributed by atoms with van der Waals surface area (Å²) in [7, 11) is 0. The minimum atomic E-state index is 0.0151. The first-order valence-corrected chi connectivity index (χ1v) is 8.98. The quantitative estimate of drug-likeness (QED) is 0.714. The van der Waals surface area contributed by atoms with E-state index < -0.39 is 0 Å². The molecule has 26 heavy (non-hydrogen) atoms. The van der Waals surface area contributed by atoms with Crippen LogP contribution in [0.2, 0.25) is 0 Å². The number of aliphatic hydroxyl groups excluding tert-OH is 1. The Hall–Kier alpha value is -2.53. The Labute approximate surface area is 154 Å². The number of aromatic nitrogens is 2. The molecule has 0 amide bonds. The molecule has 1 heterocycles. The van der Waals surface area contributed by atoms with Crippen molar-refractivity contribution in [1.29, 1.82) is 5.41 Å². The third-order valence-corrected chi connectivity index (χ3v) is 4.60. The van der Waals surface area contributed by atoms with E-state index in [-0.39, 0.29) is 12.0 Å². The molecule has 138 valence electrons. The largest absolute Gasteiger partial charge is 0.492 e. The van der Waals surface area contributed by atoms with E-state index in [0.29, 0.717) is 25.3 Å². The Morgan fingerprint density at radius 1 is 0.923 bits per heavy atom. The molecule has 0 unspecified atom stereocenters. The summed E-state index contributed by atoms with van der Waals surface area (Å²) < 4.78 is 9.64. The Bertz CT molecular complexity index is 931. The number of ether oxygens (including phenoxy) is 1. The Balaban J connectivity index is 1.74. The molecule has 2 aromatic carbocycles. The Kier molecular flexibility index (Phi) is 5.18. The molecular weight excluding hydrogens is 326 g/mol. The first kappa shape index (κ1) is 18.3. The molecule has 0 saturated heterocycles. The number of fused-ring (bicyclic) bond motifs is 1. The summed E-state index contributed by atoms with van der Waals surface area (Å²) in [6, 6.07) is 16.1. The molecule has 0 saturated carbocycles. The topological polar surface area (TPSA) is 63.2 Å². The van der Waals surface area contributed by atoms with Crippen LogP contribution >= 0.6 is 0 Å². The fraction of sp³-hybridized carbons (Fsp3) is 0.381. The Morgan fingerprint density at radius 3 is 2.04 bits per heavy atom. The lowest BCUT2D eigenvalue weighted by atomic mass is 9.87. The van der Waals surface area contributed by atoms with Crippen LogP contribution in [-0.4, -0.2) is 27.5 Å². The predicted molar refractivity (Wildman–Crippen MR) is 104 cm³/mol. The van der Waals surface area contributed by atoms with Gasteiger partial charge in [0.15, 0.2) is 0 Å². The first-order chi connectivity index (χ1) is 12.4. The van der Waals surface area contributed by atoms with Crippen LogP contribution < -0.4 is 10.4 Å². The second-order valence-electron chi connectivity index (χ2n) is 7.46. The first-order valence-electron chi connectivity index (χ1n) is 8.98. The fourth-order valence-electron chi connectivity index (χ4n) is 3.15. The molecule has 0 spiro atoms.